The highest BCUT2D eigenvalue weighted by atomic mass is 32.2. The zero-order chi connectivity index (χ0) is 10.6. The first-order valence-electron chi connectivity index (χ1n) is 4.09. The topological polar surface area (TPSA) is 65.2 Å². The minimum atomic E-state index is -0.256. The summed E-state index contributed by atoms with van der Waals surface area (Å²) in [4.78, 5) is 15.2. The molecule has 5 heteroatoms. The lowest BCUT2D eigenvalue weighted by Crippen LogP contribution is -2.14. The second kappa shape index (κ2) is 4.85. The predicted molar refractivity (Wildman–Crippen MR) is 56.0 cm³/mol. The van der Waals surface area contributed by atoms with E-state index in [1.807, 2.05) is 0 Å². The number of aromatic nitrogens is 1. The number of pyridine rings is 1. The molecule has 4 nitrogen and oxygen atoms in total. The number of hydrogen-bond donors (Lipinski definition) is 1. The normalized spacial score (nSPS) is 12.1. The van der Waals surface area contributed by atoms with E-state index in [9.17, 15) is 4.79 Å². The van der Waals surface area contributed by atoms with Gasteiger partial charge in [-0.15, -0.1) is 0 Å². The number of esters is 1. The molecule has 0 aliphatic rings. The summed E-state index contributed by atoms with van der Waals surface area (Å²) in [7, 11) is 1.37. The first-order valence-corrected chi connectivity index (χ1v) is 4.97. The van der Waals surface area contributed by atoms with Crippen molar-refractivity contribution in [2.24, 2.45) is 0 Å². The molecule has 1 rings (SSSR count). The van der Waals surface area contributed by atoms with Gasteiger partial charge in [-0.3, -0.25) is 4.79 Å². The number of methoxy groups -OCH3 is 1. The molecular formula is C9H12N2O2S. The largest absolute Gasteiger partial charge is 0.468 e. The first-order chi connectivity index (χ1) is 6.63. The van der Waals surface area contributed by atoms with Crippen LogP contribution in [0.5, 0.6) is 0 Å². The Morgan fingerprint density at radius 2 is 2.36 bits per heavy atom. The summed E-state index contributed by atoms with van der Waals surface area (Å²) in [6, 6.07) is 3.53. The molecule has 0 aromatic carbocycles. The van der Waals surface area contributed by atoms with Crippen LogP contribution in [0.4, 0.5) is 5.69 Å². The molecule has 0 radical (unpaired) electrons. The average molecular weight is 212 g/mol. The molecule has 76 valence electrons. The van der Waals surface area contributed by atoms with E-state index in [0.29, 0.717) is 5.69 Å². The zero-order valence-corrected chi connectivity index (χ0v) is 8.88. The van der Waals surface area contributed by atoms with Crippen LogP contribution >= 0.6 is 11.8 Å². The third-order valence-electron chi connectivity index (χ3n) is 1.59. The summed E-state index contributed by atoms with van der Waals surface area (Å²) in [5.41, 5.74) is 6.09. The second-order valence-electron chi connectivity index (χ2n) is 2.71. The van der Waals surface area contributed by atoms with E-state index in [2.05, 4.69) is 9.72 Å². The summed E-state index contributed by atoms with van der Waals surface area (Å²) < 4.78 is 4.60. The molecule has 1 unspecified atom stereocenters. The number of nitrogens with two attached hydrogens (primary N) is 1. The fourth-order valence-corrected chi connectivity index (χ4v) is 1.67. The molecule has 0 aliphatic heterocycles. The van der Waals surface area contributed by atoms with Crippen molar-refractivity contribution in [3.05, 3.63) is 18.3 Å². The van der Waals surface area contributed by atoms with Gasteiger partial charge in [-0.05, 0) is 19.1 Å². The van der Waals surface area contributed by atoms with E-state index in [-0.39, 0.29) is 11.2 Å². The Hall–Kier alpha value is -1.23. The third kappa shape index (κ3) is 2.92. The molecule has 0 aliphatic carbocycles. The van der Waals surface area contributed by atoms with Crippen LogP contribution in [0.2, 0.25) is 0 Å². The molecule has 0 saturated heterocycles. The van der Waals surface area contributed by atoms with Gasteiger partial charge in [0.15, 0.2) is 0 Å². The first kappa shape index (κ1) is 10.8. The monoisotopic (exact) mass is 212 g/mol. The number of ether oxygens (including phenoxy) is 1. The summed E-state index contributed by atoms with van der Waals surface area (Å²) in [5.74, 6) is -0.256. The minimum absolute atomic E-state index is 0.254. The van der Waals surface area contributed by atoms with Crippen LogP contribution in [0.3, 0.4) is 0 Å². The lowest BCUT2D eigenvalue weighted by atomic mass is 10.4. The maximum atomic E-state index is 11.1. The van der Waals surface area contributed by atoms with E-state index in [1.54, 1.807) is 25.3 Å². The van der Waals surface area contributed by atoms with Gasteiger partial charge in [0.1, 0.15) is 5.25 Å². The maximum Gasteiger partial charge on any atom is 0.318 e. The Balaban J connectivity index is 2.60. The summed E-state index contributed by atoms with van der Waals surface area (Å²) >= 11 is 1.34. The maximum absolute atomic E-state index is 11.1. The van der Waals surface area contributed by atoms with Crippen molar-refractivity contribution in [3.8, 4) is 0 Å². The molecule has 1 heterocycles. The molecule has 0 fully saturated rings. The number of carbonyl (C=O) groups is 1. The van der Waals surface area contributed by atoms with Crippen molar-refractivity contribution in [3.63, 3.8) is 0 Å². The van der Waals surface area contributed by atoms with Gasteiger partial charge >= 0.3 is 5.97 Å². The van der Waals surface area contributed by atoms with Gasteiger partial charge in [0.2, 0.25) is 0 Å². The van der Waals surface area contributed by atoms with E-state index in [1.165, 1.54) is 18.9 Å². The quantitative estimate of drug-likeness (QED) is 0.604. The molecule has 2 N–H and O–H groups in total. The van der Waals surface area contributed by atoms with E-state index in [0.717, 1.165) is 5.03 Å². The third-order valence-corrected chi connectivity index (χ3v) is 2.62. The van der Waals surface area contributed by atoms with Crippen molar-refractivity contribution in [1.29, 1.82) is 0 Å². The minimum Gasteiger partial charge on any atom is -0.468 e. The lowest BCUT2D eigenvalue weighted by Gasteiger charge is -2.07. The van der Waals surface area contributed by atoms with Gasteiger partial charge in [0, 0.05) is 0 Å². The van der Waals surface area contributed by atoms with Crippen LogP contribution in [-0.2, 0) is 9.53 Å². The predicted octanol–water partition coefficient (Wildman–Crippen LogP) is 1.32. The van der Waals surface area contributed by atoms with Crippen molar-refractivity contribution in [2.75, 3.05) is 12.8 Å². The smallest absolute Gasteiger partial charge is 0.318 e. The Kier molecular flexibility index (Phi) is 3.76. The number of nitrogen functional groups attached to an aromatic ring is 1. The fraction of sp³-hybridized carbons (Fsp3) is 0.333. The molecule has 1 atom stereocenters. The highest BCUT2D eigenvalue weighted by molar-refractivity contribution is 8.00. The van der Waals surface area contributed by atoms with Crippen LogP contribution in [0, 0.1) is 0 Å². The second-order valence-corrected chi connectivity index (χ2v) is 4.07. The van der Waals surface area contributed by atoms with Gasteiger partial charge in [-0.1, -0.05) is 11.8 Å². The zero-order valence-electron chi connectivity index (χ0n) is 8.06. The molecule has 1 aromatic rings. The van der Waals surface area contributed by atoms with Crippen molar-refractivity contribution in [1.82, 2.24) is 4.98 Å². The van der Waals surface area contributed by atoms with Crippen LogP contribution in [-0.4, -0.2) is 23.3 Å². The molecule has 0 bridgehead atoms. The van der Waals surface area contributed by atoms with Crippen molar-refractivity contribution < 1.29 is 9.53 Å². The number of hydrogen-bond acceptors (Lipinski definition) is 5. The number of anilines is 1. The van der Waals surface area contributed by atoms with Gasteiger partial charge in [0.25, 0.3) is 0 Å². The standard InChI is InChI=1S/C9H12N2O2S/c1-6(9(12)13-2)14-8-4-3-7(10)5-11-8/h3-6H,10H2,1-2H3. The highest BCUT2D eigenvalue weighted by Crippen LogP contribution is 2.21. The van der Waals surface area contributed by atoms with Crippen LogP contribution in [0.25, 0.3) is 0 Å². The molecule has 1 aromatic heterocycles. The molecule has 0 spiro atoms. The lowest BCUT2D eigenvalue weighted by molar-refractivity contribution is -0.139. The fourth-order valence-electron chi connectivity index (χ4n) is 0.857. The summed E-state index contributed by atoms with van der Waals surface area (Å²) in [5, 5.41) is 0.508. The van der Waals surface area contributed by atoms with Gasteiger partial charge < -0.3 is 10.5 Å². The van der Waals surface area contributed by atoms with Crippen molar-refractivity contribution >= 4 is 23.4 Å². The summed E-state index contributed by atoms with van der Waals surface area (Å²) in [6.07, 6.45) is 1.56. The highest BCUT2D eigenvalue weighted by Gasteiger charge is 2.14. The van der Waals surface area contributed by atoms with E-state index in [4.69, 9.17) is 5.73 Å². The van der Waals surface area contributed by atoms with Crippen LogP contribution in [0.15, 0.2) is 23.4 Å². The Morgan fingerprint density at radius 3 is 2.86 bits per heavy atom. The Morgan fingerprint density at radius 1 is 1.64 bits per heavy atom. The van der Waals surface area contributed by atoms with Gasteiger partial charge in [-0.2, -0.15) is 0 Å². The van der Waals surface area contributed by atoms with Crippen LogP contribution < -0.4 is 5.73 Å². The van der Waals surface area contributed by atoms with E-state index < -0.39 is 0 Å². The number of carbonyl (C=O) groups excluding carboxylic acids is 1. The Bertz CT molecular complexity index is 313. The number of rotatable bonds is 3. The number of nitrogens with zero attached hydrogens (tertiary/aromatic N) is 1. The van der Waals surface area contributed by atoms with E-state index >= 15 is 0 Å². The van der Waals surface area contributed by atoms with Crippen LogP contribution in [0.1, 0.15) is 6.92 Å². The molecular weight excluding hydrogens is 200 g/mol. The SMILES string of the molecule is COC(=O)C(C)Sc1ccc(N)cn1. The molecule has 0 saturated carbocycles. The molecule has 0 amide bonds. The van der Waals surface area contributed by atoms with Gasteiger partial charge in [0.05, 0.1) is 24.0 Å². The summed E-state index contributed by atoms with van der Waals surface area (Å²) in [6.45, 7) is 1.77. The average Bonchev–Trinajstić information content (AvgIpc) is 2.20. The Labute approximate surface area is 86.8 Å². The number of thioether (sulfide) groups is 1. The van der Waals surface area contributed by atoms with Gasteiger partial charge in [-0.25, -0.2) is 4.98 Å². The molecule has 14 heavy (non-hydrogen) atoms. The van der Waals surface area contributed by atoms with Crippen molar-refractivity contribution in [2.45, 2.75) is 17.2 Å².